The van der Waals surface area contributed by atoms with E-state index in [9.17, 15) is 27.2 Å². The predicted octanol–water partition coefficient (Wildman–Crippen LogP) is 7.65. The van der Waals surface area contributed by atoms with Gasteiger partial charge in [-0.25, -0.2) is 37.5 Å². The molecule has 0 spiro atoms. The van der Waals surface area contributed by atoms with Gasteiger partial charge in [0.15, 0.2) is 11.6 Å². The molecule has 4 aromatic rings. The number of aliphatic hydroxyl groups excluding tert-OH is 1. The van der Waals surface area contributed by atoms with Gasteiger partial charge >= 0.3 is 0 Å². The van der Waals surface area contributed by atoms with Crippen LogP contribution in [0.3, 0.4) is 0 Å². The van der Waals surface area contributed by atoms with Crippen molar-refractivity contribution < 1.29 is 37.0 Å². The van der Waals surface area contributed by atoms with E-state index in [4.69, 9.17) is 9.84 Å². The molecule has 1 aliphatic heterocycles. The molecule has 1 N–H and O–H groups in total. The lowest BCUT2D eigenvalue weighted by Crippen LogP contribution is -2.37. The molecule has 6 rings (SSSR count). The zero-order valence-electron chi connectivity index (χ0n) is 27.9. The quantitative estimate of drug-likeness (QED) is 0.132. The van der Waals surface area contributed by atoms with Gasteiger partial charge in [-0.2, -0.15) is 0 Å². The van der Waals surface area contributed by atoms with Gasteiger partial charge in [0.1, 0.15) is 41.5 Å². The number of benzene rings is 2. The molecule has 12 heteroatoms. The van der Waals surface area contributed by atoms with Gasteiger partial charge in [0.25, 0.3) is 0 Å². The molecule has 1 saturated carbocycles. The number of carbonyl (C=O) groups is 2. The van der Waals surface area contributed by atoms with Crippen LogP contribution in [0.2, 0.25) is 0 Å². The number of aromatic nitrogens is 4. The summed E-state index contributed by atoms with van der Waals surface area (Å²) in [6.07, 6.45) is 13.0. The Balaban J connectivity index is 0.000000224. The van der Waals surface area contributed by atoms with Gasteiger partial charge < -0.3 is 9.84 Å². The average molecular weight is 709 g/mol. The number of hydrogen-bond acceptors (Lipinski definition) is 8. The third-order valence-electron chi connectivity index (χ3n) is 9.75. The fraction of sp³-hybridized carbons (Fsp3) is 0.436. The Bertz CT molecular complexity index is 1760. The number of halogens is 4. The fourth-order valence-electron chi connectivity index (χ4n) is 6.94. The maximum atomic E-state index is 14.4. The molecular formula is C39H44F4N4O4. The van der Waals surface area contributed by atoms with Crippen LogP contribution < -0.4 is 0 Å². The van der Waals surface area contributed by atoms with E-state index < -0.39 is 41.1 Å². The number of rotatable bonds is 10. The number of carbonyl (C=O) groups excluding carboxylic acids is 2. The van der Waals surface area contributed by atoms with E-state index in [1.54, 1.807) is 19.3 Å². The van der Waals surface area contributed by atoms with Crippen molar-refractivity contribution in [1.82, 2.24) is 19.9 Å². The molecule has 2 aromatic carbocycles. The van der Waals surface area contributed by atoms with Crippen molar-refractivity contribution in [2.75, 3.05) is 19.8 Å². The highest BCUT2D eigenvalue weighted by atomic mass is 19.1. The third kappa shape index (κ3) is 9.68. The lowest BCUT2D eigenvalue weighted by atomic mass is 9.67. The van der Waals surface area contributed by atoms with Crippen LogP contribution >= 0.6 is 0 Å². The highest BCUT2D eigenvalue weighted by molar-refractivity contribution is 5.96. The molecule has 1 saturated heterocycles. The maximum Gasteiger partial charge on any atom is 0.191 e. The van der Waals surface area contributed by atoms with Crippen molar-refractivity contribution in [3.63, 3.8) is 0 Å². The second-order valence-corrected chi connectivity index (χ2v) is 13.0. The van der Waals surface area contributed by atoms with E-state index in [0.29, 0.717) is 73.7 Å². The fourth-order valence-corrected chi connectivity index (χ4v) is 6.94. The first-order valence-electron chi connectivity index (χ1n) is 16.9. The van der Waals surface area contributed by atoms with Crippen molar-refractivity contribution in [3.05, 3.63) is 118 Å². The molecule has 2 fully saturated rings. The molecule has 3 heterocycles. The molecule has 0 unspecified atom stereocenters. The van der Waals surface area contributed by atoms with Crippen LogP contribution in [0.4, 0.5) is 17.6 Å². The molecular weight excluding hydrogens is 664 g/mol. The normalized spacial score (nSPS) is 16.3. The summed E-state index contributed by atoms with van der Waals surface area (Å²) in [6, 6.07) is 7.22. The first-order valence-corrected chi connectivity index (χ1v) is 16.9. The van der Waals surface area contributed by atoms with Gasteiger partial charge in [-0.1, -0.05) is 33.6 Å². The minimum atomic E-state index is -0.660. The molecule has 2 aliphatic rings. The zero-order chi connectivity index (χ0) is 35.7. The van der Waals surface area contributed by atoms with Crippen LogP contribution in [0.25, 0.3) is 0 Å². The molecule has 1 aliphatic carbocycles. The summed E-state index contributed by atoms with van der Waals surface area (Å²) in [5.41, 5.74) is 0.687. The van der Waals surface area contributed by atoms with Gasteiger partial charge in [-0.05, 0) is 67.1 Å². The Kier molecular flexibility index (Phi) is 13.6. The lowest BCUT2D eigenvalue weighted by molar-refractivity contribution is 0.0479. The topological polar surface area (TPSA) is 115 Å². The van der Waals surface area contributed by atoms with Gasteiger partial charge in [0.05, 0.1) is 11.1 Å². The molecule has 0 atom stereocenters. The van der Waals surface area contributed by atoms with Gasteiger partial charge in [-0.15, -0.1) is 0 Å². The summed E-state index contributed by atoms with van der Waals surface area (Å²) in [4.78, 5) is 40.2. The second-order valence-electron chi connectivity index (χ2n) is 13.0. The third-order valence-corrected chi connectivity index (χ3v) is 9.75. The smallest absolute Gasteiger partial charge is 0.191 e. The summed E-state index contributed by atoms with van der Waals surface area (Å²) >= 11 is 0. The number of Topliss-reactive ketones (excluding diaryl/α,β-unsaturated/α-hetero) is 2. The first kappa shape index (κ1) is 39.4. The Labute approximate surface area is 295 Å². The van der Waals surface area contributed by atoms with E-state index in [-0.39, 0.29) is 24.2 Å². The molecule has 0 amide bonds. The van der Waals surface area contributed by atoms with E-state index >= 15 is 0 Å². The van der Waals surface area contributed by atoms with Crippen molar-refractivity contribution in [2.24, 2.45) is 0 Å². The predicted molar refractivity (Wildman–Crippen MR) is 183 cm³/mol. The van der Waals surface area contributed by atoms with E-state index in [1.165, 1.54) is 30.6 Å². The number of aliphatic hydroxyl groups is 1. The molecule has 0 radical (unpaired) electrons. The van der Waals surface area contributed by atoms with Crippen LogP contribution in [0.15, 0.2) is 61.2 Å². The van der Waals surface area contributed by atoms with Gasteiger partial charge in [-0.3, -0.25) is 9.59 Å². The summed E-state index contributed by atoms with van der Waals surface area (Å²) in [5, 5.41) is 8.87. The van der Waals surface area contributed by atoms with E-state index in [2.05, 4.69) is 19.9 Å². The SMILES string of the molecule is C.CCC(=O)c1cnc(CC2(c3cc(F)cc(F)c3)CCCCC2)nc1.O=C(CO)c1cnc(CC2(c3cc(F)ccc3F)CCOCC2)nc1. The van der Waals surface area contributed by atoms with Crippen LogP contribution in [0.1, 0.15) is 109 Å². The van der Waals surface area contributed by atoms with Gasteiger partial charge in [0.2, 0.25) is 0 Å². The summed E-state index contributed by atoms with van der Waals surface area (Å²) in [5.74, 6) is -1.48. The highest BCUT2D eigenvalue weighted by Crippen LogP contribution is 2.42. The van der Waals surface area contributed by atoms with Crippen molar-refractivity contribution in [3.8, 4) is 0 Å². The summed E-state index contributed by atoms with van der Waals surface area (Å²) in [6.45, 7) is 2.07. The molecule has 0 bridgehead atoms. The minimum Gasteiger partial charge on any atom is -0.388 e. The molecule has 272 valence electrons. The monoisotopic (exact) mass is 708 g/mol. The Morgan fingerprint density at radius 2 is 1.24 bits per heavy atom. The minimum absolute atomic E-state index is 0. The van der Waals surface area contributed by atoms with Gasteiger partial charge in [0, 0.05) is 74.2 Å². The number of ether oxygens (including phenoxy) is 1. The maximum absolute atomic E-state index is 14.4. The summed E-state index contributed by atoms with van der Waals surface area (Å²) < 4.78 is 61.0. The largest absolute Gasteiger partial charge is 0.388 e. The van der Waals surface area contributed by atoms with Crippen molar-refractivity contribution >= 4 is 11.6 Å². The first-order chi connectivity index (χ1) is 24.1. The zero-order valence-corrected chi connectivity index (χ0v) is 27.9. The molecule has 8 nitrogen and oxygen atoms in total. The number of nitrogens with zero attached hydrogens (tertiary/aromatic N) is 4. The van der Waals surface area contributed by atoms with Crippen LogP contribution in [-0.4, -0.2) is 56.4 Å². The van der Waals surface area contributed by atoms with Crippen LogP contribution in [0.5, 0.6) is 0 Å². The second kappa shape index (κ2) is 17.7. The molecule has 51 heavy (non-hydrogen) atoms. The van der Waals surface area contributed by atoms with Crippen molar-refractivity contribution in [2.45, 2.75) is 89.4 Å². The van der Waals surface area contributed by atoms with E-state index in [0.717, 1.165) is 50.3 Å². The van der Waals surface area contributed by atoms with E-state index in [1.807, 2.05) is 0 Å². The highest BCUT2D eigenvalue weighted by Gasteiger charge is 2.38. The van der Waals surface area contributed by atoms with Crippen LogP contribution in [-0.2, 0) is 28.4 Å². The number of ketones is 2. The standard InChI is InChI=1S/C20H22F2N2O.C18H18F2N2O3.CH4/c1-2-18(25)14-12-23-19(24-13-14)11-20(6-4-3-5-7-20)15-8-16(21)10-17(22)9-15;19-13-1-2-15(20)14(7-13)18(3-5-25-6-4-18)8-17-21-9-12(10-22-17)16(24)11-23;/h8-10,12-13H,2-7,11H2,1H3;1-2,7,9-10,23H,3-6,8,11H2;1H4. The van der Waals surface area contributed by atoms with Crippen LogP contribution in [0, 0.1) is 23.3 Å². The Hall–Kier alpha value is -4.42. The Morgan fingerprint density at radius 3 is 1.76 bits per heavy atom. The molecule has 2 aromatic heterocycles. The summed E-state index contributed by atoms with van der Waals surface area (Å²) in [7, 11) is 0. The lowest BCUT2D eigenvalue weighted by Gasteiger charge is -2.37. The number of hydrogen-bond donors (Lipinski definition) is 1. The Morgan fingerprint density at radius 1 is 0.706 bits per heavy atom. The van der Waals surface area contributed by atoms with Crippen molar-refractivity contribution in [1.29, 1.82) is 0 Å². The average Bonchev–Trinajstić information content (AvgIpc) is 3.13.